The molecule has 0 spiro atoms. The van der Waals surface area contributed by atoms with E-state index in [4.69, 9.17) is 29.0 Å². The van der Waals surface area contributed by atoms with Gasteiger partial charge in [0.1, 0.15) is 11.2 Å². The lowest BCUT2D eigenvalue weighted by atomic mass is 9.99. The summed E-state index contributed by atoms with van der Waals surface area (Å²) in [5.41, 5.74) is 2.49. The topological polar surface area (TPSA) is 56.7 Å². The molecule has 0 aliphatic rings. The molecule has 4 aromatic heterocycles. The van der Waals surface area contributed by atoms with E-state index in [1.807, 2.05) is 66.7 Å². The van der Waals surface area contributed by atoms with Crippen molar-refractivity contribution in [3.8, 4) is 51.0 Å². The first-order chi connectivity index (χ1) is 32.8. The van der Waals surface area contributed by atoms with Crippen molar-refractivity contribution in [1.82, 2.24) is 19.5 Å². The first-order valence-corrected chi connectivity index (χ1v) is 18.9. The lowest BCUT2D eigenvalue weighted by Gasteiger charge is -2.10. The number of hydrogen-bond donors (Lipinski definition) is 0. The largest absolute Gasteiger partial charge is 0.456 e. The molecule has 0 bridgehead atoms. The first-order valence-electron chi connectivity index (χ1n) is 23.6. The molecule has 0 amide bonds. The Bertz CT molecular complexity index is 4170. The number of furan rings is 1. The third-order valence-corrected chi connectivity index (χ3v) is 11.4. The molecule has 0 saturated carbocycles. The van der Waals surface area contributed by atoms with Crippen LogP contribution in [-0.4, -0.2) is 19.5 Å². The van der Waals surface area contributed by atoms with Crippen molar-refractivity contribution in [1.29, 1.82) is 0 Å². The number of para-hydroxylation sites is 2. The quantitative estimate of drug-likeness (QED) is 0.175. The van der Waals surface area contributed by atoms with Crippen molar-refractivity contribution in [2.24, 2.45) is 0 Å². The average Bonchev–Trinajstić information content (AvgIpc) is 4.06. The molecule has 12 aromatic rings. The molecule has 0 atom stereocenters. The summed E-state index contributed by atoms with van der Waals surface area (Å²) >= 11 is 1.59. The van der Waals surface area contributed by atoms with E-state index >= 15 is 0 Å². The van der Waals surface area contributed by atoms with E-state index in [0.717, 1.165) is 31.3 Å². The van der Waals surface area contributed by atoms with E-state index in [0.29, 0.717) is 11.1 Å². The monoisotopic (exact) mass is 757 g/mol. The average molecular weight is 758 g/mol. The standard InChI is InChI=1S/C51H30N4OS/c1-3-14-31(15-4-1)34-20-13-27-45-47(34)37-21-11-23-39(48(37)57-45)51-53-49(32-16-5-2-6-17-32)52-50(54-51)38-22-12-26-44-46(38)40-30-33(28-29-43(40)56-44)55-41-24-9-7-18-35(41)36-19-8-10-25-42(36)55/h1-30H/i7D,9D,12D,18D,22D,24D,25D,26D,28D,29D,30D. The molecular weight excluding hydrogens is 717 g/mol. The summed E-state index contributed by atoms with van der Waals surface area (Å²) in [6.45, 7) is 0. The zero-order chi connectivity index (χ0) is 47.0. The van der Waals surface area contributed by atoms with Gasteiger partial charge >= 0.3 is 0 Å². The number of rotatable bonds is 5. The molecule has 0 saturated heterocycles. The Balaban J connectivity index is 1.19. The smallest absolute Gasteiger partial charge is 0.165 e. The van der Waals surface area contributed by atoms with Crippen LogP contribution < -0.4 is 0 Å². The normalized spacial score (nSPS) is 14.6. The molecule has 0 unspecified atom stereocenters. The van der Waals surface area contributed by atoms with E-state index < -0.39 is 54.4 Å². The van der Waals surface area contributed by atoms with Crippen LogP contribution in [0, 0.1) is 0 Å². The minimum absolute atomic E-state index is 0.0387. The second-order valence-corrected chi connectivity index (χ2v) is 14.5. The van der Waals surface area contributed by atoms with Gasteiger partial charge in [-0.15, -0.1) is 11.3 Å². The first kappa shape index (κ1) is 22.8. The number of fused-ring (bicyclic) bond motifs is 9. The fourth-order valence-electron chi connectivity index (χ4n) is 7.75. The van der Waals surface area contributed by atoms with Crippen LogP contribution in [0.15, 0.2) is 186 Å². The van der Waals surface area contributed by atoms with Gasteiger partial charge in [-0.1, -0.05) is 133 Å². The summed E-state index contributed by atoms with van der Waals surface area (Å²) in [7, 11) is 0. The minimum Gasteiger partial charge on any atom is -0.456 e. The number of thiophene rings is 1. The van der Waals surface area contributed by atoms with Gasteiger partial charge in [-0.25, -0.2) is 15.0 Å². The molecule has 5 nitrogen and oxygen atoms in total. The van der Waals surface area contributed by atoms with Gasteiger partial charge in [0.05, 0.1) is 26.1 Å². The van der Waals surface area contributed by atoms with E-state index in [9.17, 15) is 5.48 Å². The molecular formula is C51H30N4OS. The van der Waals surface area contributed by atoms with Crippen LogP contribution in [0.5, 0.6) is 0 Å². The molecule has 266 valence electrons. The zero-order valence-corrected chi connectivity index (χ0v) is 30.4. The van der Waals surface area contributed by atoms with Crippen molar-refractivity contribution in [2.75, 3.05) is 0 Å². The highest BCUT2D eigenvalue weighted by Gasteiger charge is 2.21. The molecule has 6 heteroatoms. The highest BCUT2D eigenvalue weighted by Crippen LogP contribution is 2.44. The second kappa shape index (κ2) is 12.6. The van der Waals surface area contributed by atoms with E-state index in [-0.39, 0.29) is 84.6 Å². The second-order valence-electron chi connectivity index (χ2n) is 13.5. The fourth-order valence-corrected chi connectivity index (χ4v) is 8.99. The number of aromatic nitrogens is 4. The molecule has 12 rings (SSSR count). The van der Waals surface area contributed by atoms with Crippen LogP contribution in [0.3, 0.4) is 0 Å². The zero-order valence-electron chi connectivity index (χ0n) is 40.6. The van der Waals surface area contributed by atoms with Gasteiger partial charge in [0.2, 0.25) is 0 Å². The van der Waals surface area contributed by atoms with Gasteiger partial charge < -0.3 is 8.98 Å². The van der Waals surface area contributed by atoms with Crippen LogP contribution >= 0.6 is 11.3 Å². The molecule has 8 aromatic carbocycles. The Morgan fingerprint density at radius 3 is 2.07 bits per heavy atom. The molecule has 0 fully saturated rings. The highest BCUT2D eigenvalue weighted by molar-refractivity contribution is 7.26. The van der Waals surface area contributed by atoms with E-state index in [1.54, 1.807) is 23.5 Å². The van der Waals surface area contributed by atoms with Crippen molar-refractivity contribution < 1.29 is 19.5 Å². The SMILES string of the molecule is [2H]c1c(-n2c3c([2H])cccc3c3c([2H])c([2H])c([2H])c([2H])c32)c([2H])c2c(oc3c([2H])c([2H])c([2H])c(-c4nc(-c5ccccc5)nc(-c5cccc6c5sc5cccc(-c7ccccc7)c56)n4)c32)c1[2H]. The van der Waals surface area contributed by atoms with Gasteiger partial charge in [0.15, 0.2) is 17.5 Å². The molecule has 4 heterocycles. The third-order valence-electron chi connectivity index (χ3n) is 10.2. The predicted octanol–water partition coefficient (Wildman–Crippen LogP) is 13.9. The van der Waals surface area contributed by atoms with Gasteiger partial charge in [-0.2, -0.15) is 0 Å². The molecule has 0 N–H and O–H groups in total. The highest BCUT2D eigenvalue weighted by atomic mass is 32.1. The molecule has 0 aliphatic carbocycles. The van der Waals surface area contributed by atoms with E-state index in [1.165, 1.54) is 10.6 Å². The maximum Gasteiger partial charge on any atom is 0.165 e. The summed E-state index contributed by atoms with van der Waals surface area (Å²) < 4.78 is 110. The molecule has 0 radical (unpaired) electrons. The number of hydrogen-bond acceptors (Lipinski definition) is 5. The van der Waals surface area contributed by atoms with E-state index in [2.05, 4.69) is 30.3 Å². The van der Waals surface area contributed by atoms with Gasteiger partial charge in [0, 0.05) is 64.1 Å². The summed E-state index contributed by atoms with van der Waals surface area (Å²) in [6.07, 6.45) is 0. The fraction of sp³-hybridized carbons (Fsp3) is 0. The lowest BCUT2D eigenvalue weighted by Crippen LogP contribution is -2.00. The predicted molar refractivity (Wildman–Crippen MR) is 236 cm³/mol. The van der Waals surface area contributed by atoms with Crippen LogP contribution in [-0.2, 0) is 0 Å². The third kappa shape index (κ3) is 4.98. The maximum atomic E-state index is 9.96. The lowest BCUT2D eigenvalue weighted by molar-refractivity contribution is 0.669. The summed E-state index contributed by atoms with van der Waals surface area (Å²) in [6, 6.07) is 31.0. The van der Waals surface area contributed by atoms with Crippen LogP contribution in [0.25, 0.3) is 115 Å². The van der Waals surface area contributed by atoms with Crippen molar-refractivity contribution in [3.05, 3.63) is 182 Å². The Labute approximate surface area is 346 Å². The summed E-state index contributed by atoms with van der Waals surface area (Å²) in [5.74, 6) is 0.405. The Morgan fingerprint density at radius 1 is 0.474 bits per heavy atom. The molecule has 57 heavy (non-hydrogen) atoms. The van der Waals surface area contributed by atoms with Crippen LogP contribution in [0.4, 0.5) is 0 Å². The molecule has 0 aliphatic heterocycles. The summed E-state index contributed by atoms with van der Waals surface area (Å²) in [5, 5.41) is 2.24. The van der Waals surface area contributed by atoms with Gasteiger partial charge in [-0.3, -0.25) is 0 Å². The van der Waals surface area contributed by atoms with Crippen LogP contribution in [0.2, 0.25) is 0 Å². The van der Waals surface area contributed by atoms with Crippen molar-refractivity contribution in [3.63, 3.8) is 0 Å². The Hall–Kier alpha value is -7.41. The van der Waals surface area contributed by atoms with Crippen molar-refractivity contribution >= 4 is 75.3 Å². The number of nitrogens with zero attached hydrogens (tertiary/aromatic N) is 4. The summed E-state index contributed by atoms with van der Waals surface area (Å²) in [4.78, 5) is 15.0. The number of benzene rings is 8. The van der Waals surface area contributed by atoms with Crippen molar-refractivity contribution in [2.45, 2.75) is 0 Å². The van der Waals surface area contributed by atoms with Gasteiger partial charge in [0.25, 0.3) is 0 Å². The minimum atomic E-state index is -0.567. The Morgan fingerprint density at radius 2 is 1.19 bits per heavy atom. The Kier molecular flexibility index (Phi) is 5.04. The maximum absolute atomic E-state index is 9.96. The van der Waals surface area contributed by atoms with Gasteiger partial charge in [-0.05, 0) is 59.5 Å². The van der Waals surface area contributed by atoms with Crippen LogP contribution in [0.1, 0.15) is 15.1 Å².